The number of rotatable bonds is 6. The van der Waals surface area contributed by atoms with E-state index in [2.05, 4.69) is 9.84 Å². The fourth-order valence-corrected chi connectivity index (χ4v) is 2.71. The number of hydrogen-bond acceptors (Lipinski definition) is 5. The van der Waals surface area contributed by atoms with Crippen LogP contribution < -0.4 is 5.56 Å². The lowest BCUT2D eigenvalue weighted by molar-refractivity contribution is -0.140. The second-order valence-corrected chi connectivity index (χ2v) is 5.74. The lowest BCUT2D eigenvalue weighted by atomic mass is 10.1. The number of carboxylic acids is 1. The molecule has 0 atom stereocenters. The molecule has 8 nitrogen and oxygen atoms in total. The number of carbonyl (C=O) groups is 2. The Morgan fingerprint density at radius 2 is 1.93 bits per heavy atom. The van der Waals surface area contributed by atoms with Crippen molar-refractivity contribution < 1.29 is 19.4 Å². The molecule has 0 spiro atoms. The van der Waals surface area contributed by atoms with Gasteiger partial charge in [0.2, 0.25) is 0 Å². The molecule has 3 aromatic rings. The highest BCUT2D eigenvalue weighted by molar-refractivity contribution is 5.88. The monoisotopic (exact) mass is 367 g/mol. The summed E-state index contributed by atoms with van der Waals surface area (Å²) in [5, 5.41) is 13.7. The molecule has 0 fully saturated rings. The van der Waals surface area contributed by atoms with Gasteiger partial charge < -0.3 is 14.4 Å². The van der Waals surface area contributed by atoms with E-state index in [0.717, 1.165) is 5.69 Å². The summed E-state index contributed by atoms with van der Waals surface area (Å²) in [6.07, 6.45) is 3.07. The fraction of sp³-hybridized carbons (Fsp3) is 0.158. The molecular formula is C19H17N3O5. The molecule has 0 saturated carbocycles. The number of carboxylic acid groups (broad SMARTS) is 1. The van der Waals surface area contributed by atoms with Crippen LogP contribution in [0.1, 0.15) is 16.8 Å². The van der Waals surface area contributed by atoms with Crippen molar-refractivity contribution in [3.8, 4) is 16.9 Å². The zero-order chi connectivity index (χ0) is 19.4. The number of nitrogens with zero attached hydrogens (tertiary/aromatic N) is 3. The minimum atomic E-state index is -1.33. The topological polar surface area (TPSA) is 103 Å². The summed E-state index contributed by atoms with van der Waals surface area (Å²) in [6, 6.07) is 12.4. The van der Waals surface area contributed by atoms with Gasteiger partial charge in [-0.3, -0.25) is 9.59 Å². The number of aryl methyl sites for hydroxylation is 1. The largest absolute Gasteiger partial charge is 0.477 e. The van der Waals surface area contributed by atoms with Crippen molar-refractivity contribution in [3.05, 3.63) is 70.8 Å². The maximum absolute atomic E-state index is 12.4. The number of ether oxygens (including phenoxy) is 1. The zero-order valence-corrected chi connectivity index (χ0v) is 14.5. The summed E-state index contributed by atoms with van der Waals surface area (Å²) in [5.74, 6) is -1.82. The number of para-hydroxylation sites is 1. The quantitative estimate of drug-likeness (QED) is 0.668. The van der Waals surface area contributed by atoms with E-state index in [1.54, 1.807) is 16.9 Å². The normalized spacial score (nSPS) is 10.6. The van der Waals surface area contributed by atoms with Crippen LogP contribution >= 0.6 is 0 Å². The molecule has 0 amide bonds. The van der Waals surface area contributed by atoms with Crippen LogP contribution in [0, 0.1) is 0 Å². The first-order chi connectivity index (χ1) is 13.0. The molecule has 2 heterocycles. The Morgan fingerprint density at radius 3 is 2.59 bits per heavy atom. The van der Waals surface area contributed by atoms with Gasteiger partial charge in [0, 0.05) is 18.3 Å². The highest BCUT2D eigenvalue weighted by atomic mass is 16.5. The van der Waals surface area contributed by atoms with E-state index in [0.29, 0.717) is 11.3 Å². The maximum Gasteiger partial charge on any atom is 0.341 e. The number of benzene rings is 1. The van der Waals surface area contributed by atoms with Gasteiger partial charge in [0.05, 0.1) is 31.1 Å². The third-order valence-corrected chi connectivity index (χ3v) is 4.04. The maximum atomic E-state index is 12.4. The molecule has 0 aliphatic carbocycles. The molecule has 27 heavy (non-hydrogen) atoms. The Hall–Kier alpha value is -3.68. The number of esters is 1. The van der Waals surface area contributed by atoms with Crippen LogP contribution in [-0.4, -0.2) is 38.5 Å². The van der Waals surface area contributed by atoms with Crippen molar-refractivity contribution in [1.82, 2.24) is 14.3 Å². The van der Waals surface area contributed by atoms with Crippen LogP contribution in [0.15, 0.2) is 59.7 Å². The van der Waals surface area contributed by atoms with Gasteiger partial charge in [-0.25, -0.2) is 9.48 Å². The average molecular weight is 367 g/mol. The molecule has 0 saturated heterocycles. The molecule has 1 N–H and O–H groups in total. The van der Waals surface area contributed by atoms with Gasteiger partial charge in [0.25, 0.3) is 5.56 Å². The smallest absolute Gasteiger partial charge is 0.341 e. The Balaban J connectivity index is 2.10. The first kappa shape index (κ1) is 18.1. The number of pyridine rings is 1. The summed E-state index contributed by atoms with van der Waals surface area (Å²) in [5.41, 5.74) is 0.856. The van der Waals surface area contributed by atoms with E-state index < -0.39 is 17.5 Å². The van der Waals surface area contributed by atoms with Gasteiger partial charge in [0.15, 0.2) is 0 Å². The van der Waals surface area contributed by atoms with Gasteiger partial charge in [-0.2, -0.15) is 5.10 Å². The van der Waals surface area contributed by atoms with Crippen molar-refractivity contribution in [2.45, 2.75) is 13.0 Å². The summed E-state index contributed by atoms with van der Waals surface area (Å²) in [4.78, 5) is 35.3. The van der Waals surface area contributed by atoms with E-state index >= 15 is 0 Å². The molecule has 138 valence electrons. The van der Waals surface area contributed by atoms with Crippen LogP contribution in [0.25, 0.3) is 16.9 Å². The minimum Gasteiger partial charge on any atom is -0.477 e. The van der Waals surface area contributed by atoms with Gasteiger partial charge in [-0.05, 0) is 24.3 Å². The van der Waals surface area contributed by atoms with Crippen LogP contribution in [0.5, 0.6) is 0 Å². The third-order valence-electron chi connectivity index (χ3n) is 4.04. The SMILES string of the molecule is COC(=O)CCn1cc(-c2ccnn2-c2ccccc2)cc(C(=O)O)c1=O. The Bertz CT molecular complexity index is 1040. The molecule has 0 aliphatic rings. The second kappa shape index (κ2) is 7.69. The Morgan fingerprint density at radius 1 is 1.19 bits per heavy atom. The highest BCUT2D eigenvalue weighted by Crippen LogP contribution is 2.22. The molecule has 0 aliphatic heterocycles. The predicted octanol–water partition coefficient (Wildman–Crippen LogP) is 1.96. The van der Waals surface area contributed by atoms with Crippen molar-refractivity contribution >= 4 is 11.9 Å². The summed E-state index contributed by atoms with van der Waals surface area (Å²) in [6.45, 7) is 0.0130. The van der Waals surface area contributed by atoms with E-state index in [4.69, 9.17) is 0 Å². The molecule has 8 heteroatoms. The van der Waals surface area contributed by atoms with E-state index in [1.165, 1.54) is 23.9 Å². The van der Waals surface area contributed by atoms with Crippen molar-refractivity contribution in [3.63, 3.8) is 0 Å². The van der Waals surface area contributed by atoms with Crippen LogP contribution in [0.2, 0.25) is 0 Å². The van der Waals surface area contributed by atoms with E-state index in [9.17, 15) is 19.5 Å². The van der Waals surface area contributed by atoms with Crippen LogP contribution in [0.3, 0.4) is 0 Å². The molecule has 2 aromatic heterocycles. The number of hydrogen-bond donors (Lipinski definition) is 1. The number of methoxy groups -OCH3 is 1. The second-order valence-electron chi connectivity index (χ2n) is 5.74. The van der Waals surface area contributed by atoms with Crippen molar-refractivity contribution in [2.75, 3.05) is 7.11 Å². The average Bonchev–Trinajstić information content (AvgIpc) is 3.17. The number of aromatic nitrogens is 3. The molecule has 1 aromatic carbocycles. The fourth-order valence-electron chi connectivity index (χ4n) is 2.71. The molecule has 0 bridgehead atoms. The first-order valence-electron chi connectivity index (χ1n) is 8.15. The minimum absolute atomic E-state index is 0.0130. The van der Waals surface area contributed by atoms with Gasteiger partial charge >= 0.3 is 11.9 Å². The molecule has 3 rings (SSSR count). The standard InChI is InChI=1S/C19H17N3O5/c1-27-17(23)8-10-21-12-13(11-15(18(21)24)19(25)26)16-7-9-20-22(16)14-5-3-2-4-6-14/h2-7,9,11-12H,8,10H2,1H3,(H,25,26). The third kappa shape index (κ3) is 3.79. The number of carbonyl (C=O) groups excluding carboxylic acids is 1. The summed E-state index contributed by atoms with van der Waals surface area (Å²) < 4.78 is 7.44. The van der Waals surface area contributed by atoms with Crippen LogP contribution in [-0.2, 0) is 16.1 Å². The van der Waals surface area contributed by atoms with Crippen molar-refractivity contribution in [1.29, 1.82) is 0 Å². The van der Waals surface area contributed by atoms with E-state index in [1.807, 2.05) is 30.3 Å². The van der Waals surface area contributed by atoms with Gasteiger partial charge in [-0.1, -0.05) is 18.2 Å². The molecule has 0 radical (unpaired) electrons. The molecule has 0 unspecified atom stereocenters. The van der Waals surface area contributed by atoms with E-state index in [-0.39, 0.29) is 18.5 Å². The van der Waals surface area contributed by atoms with Crippen LogP contribution in [0.4, 0.5) is 0 Å². The lowest BCUT2D eigenvalue weighted by Gasteiger charge is -2.12. The molecular weight excluding hydrogens is 350 g/mol. The summed E-state index contributed by atoms with van der Waals surface area (Å²) >= 11 is 0. The number of aromatic carboxylic acids is 1. The summed E-state index contributed by atoms with van der Waals surface area (Å²) in [7, 11) is 1.25. The highest BCUT2D eigenvalue weighted by Gasteiger charge is 2.17. The Kier molecular flexibility index (Phi) is 5.16. The first-order valence-corrected chi connectivity index (χ1v) is 8.15. The van der Waals surface area contributed by atoms with Gasteiger partial charge in [-0.15, -0.1) is 0 Å². The Labute approximate surface area is 154 Å². The zero-order valence-electron chi connectivity index (χ0n) is 14.5. The van der Waals surface area contributed by atoms with Crippen molar-refractivity contribution in [2.24, 2.45) is 0 Å². The predicted molar refractivity (Wildman–Crippen MR) is 96.9 cm³/mol. The lowest BCUT2D eigenvalue weighted by Crippen LogP contribution is -2.27. The van der Waals surface area contributed by atoms with Gasteiger partial charge in [0.1, 0.15) is 5.56 Å².